The topological polar surface area (TPSA) is 27.7 Å². The fourth-order valence-corrected chi connectivity index (χ4v) is 4.50. The van der Waals surface area contributed by atoms with Crippen LogP contribution < -0.4 is 10.1 Å². The zero-order chi connectivity index (χ0) is 17.1. The summed E-state index contributed by atoms with van der Waals surface area (Å²) >= 11 is 5.68. The van der Waals surface area contributed by atoms with Gasteiger partial charge in [-0.1, -0.05) is 6.07 Å². The standard InChI is InChI=1S/C19H29N3OS/c1-14-9-10-15(2)22(14)17-7-5-11-21(13-17)19(24)20-16-6-4-8-18(12-16)23-3/h4,6,8,12,14-15,17H,5,7,9-11,13H2,1-3H3,(H,20,24)/t14-,15-,17-/m0/s1. The van der Waals surface area contributed by atoms with E-state index >= 15 is 0 Å². The first-order chi connectivity index (χ1) is 11.6. The van der Waals surface area contributed by atoms with Crippen molar-refractivity contribution in [3.63, 3.8) is 0 Å². The van der Waals surface area contributed by atoms with Crippen molar-refractivity contribution in [2.24, 2.45) is 0 Å². The second-order valence-electron chi connectivity index (χ2n) is 7.13. The first kappa shape index (κ1) is 17.5. The van der Waals surface area contributed by atoms with Crippen LogP contribution in [0, 0.1) is 0 Å². The minimum Gasteiger partial charge on any atom is -0.497 e. The van der Waals surface area contributed by atoms with Crippen molar-refractivity contribution >= 4 is 23.0 Å². The molecule has 0 aliphatic carbocycles. The number of nitrogens with one attached hydrogen (secondary N) is 1. The Labute approximate surface area is 151 Å². The molecule has 1 N–H and O–H groups in total. The van der Waals surface area contributed by atoms with Crippen molar-refractivity contribution in [3.8, 4) is 5.75 Å². The van der Waals surface area contributed by atoms with Gasteiger partial charge in [-0.15, -0.1) is 0 Å². The Hall–Kier alpha value is -1.33. The lowest BCUT2D eigenvalue weighted by atomic mass is 10.0. The lowest BCUT2D eigenvalue weighted by molar-refractivity contribution is 0.0951. The highest BCUT2D eigenvalue weighted by molar-refractivity contribution is 7.80. The zero-order valence-corrected chi connectivity index (χ0v) is 15.8. The molecule has 1 aromatic carbocycles. The monoisotopic (exact) mass is 347 g/mol. The first-order valence-corrected chi connectivity index (χ1v) is 9.46. The Bertz CT molecular complexity index is 569. The third kappa shape index (κ3) is 3.83. The smallest absolute Gasteiger partial charge is 0.173 e. The van der Waals surface area contributed by atoms with Gasteiger partial charge in [0.2, 0.25) is 0 Å². The molecule has 2 fully saturated rings. The van der Waals surface area contributed by atoms with Crippen molar-refractivity contribution in [2.45, 2.75) is 57.7 Å². The van der Waals surface area contributed by atoms with Crippen molar-refractivity contribution in [2.75, 3.05) is 25.5 Å². The fraction of sp³-hybridized carbons (Fsp3) is 0.632. The average molecular weight is 348 g/mol. The predicted molar refractivity (Wildman–Crippen MR) is 104 cm³/mol. The largest absolute Gasteiger partial charge is 0.497 e. The van der Waals surface area contributed by atoms with E-state index in [4.69, 9.17) is 17.0 Å². The molecular weight excluding hydrogens is 318 g/mol. The summed E-state index contributed by atoms with van der Waals surface area (Å²) < 4.78 is 5.29. The highest BCUT2D eigenvalue weighted by Crippen LogP contribution is 2.30. The van der Waals surface area contributed by atoms with Crippen LogP contribution in [0.15, 0.2) is 24.3 Å². The van der Waals surface area contributed by atoms with Crippen LogP contribution in [0.2, 0.25) is 0 Å². The average Bonchev–Trinajstić information content (AvgIpc) is 2.93. The van der Waals surface area contributed by atoms with E-state index in [-0.39, 0.29) is 0 Å². The van der Waals surface area contributed by atoms with Crippen molar-refractivity contribution < 1.29 is 4.74 Å². The molecule has 3 atom stereocenters. The summed E-state index contributed by atoms with van der Waals surface area (Å²) in [6.07, 6.45) is 5.14. The van der Waals surface area contributed by atoms with E-state index in [1.165, 1.54) is 25.7 Å². The van der Waals surface area contributed by atoms with Gasteiger partial charge in [-0.2, -0.15) is 0 Å². The summed E-state index contributed by atoms with van der Waals surface area (Å²) in [6.45, 7) is 6.82. The number of rotatable bonds is 3. The van der Waals surface area contributed by atoms with Gasteiger partial charge in [-0.25, -0.2) is 0 Å². The molecule has 5 heteroatoms. The maximum Gasteiger partial charge on any atom is 0.173 e. The van der Waals surface area contributed by atoms with Crippen LogP contribution in [0.25, 0.3) is 0 Å². The highest BCUT2D eigenvalue weighted by Gasteiger charge is 2.35. The lowest BCUT2D eigenvalue weighted by Gasteiger charge is -2.42. The Morgan fingerprint density at radius 3 is 2.67 bits per heavy atom. The predicted octanol–water partition coefficient (Wildman–Crippen LogP) is 3.73. The maximum atomic E-state index is 5.68. The minimum absolute atomic E-state index is 0.622. The van der Waals surface area contributed by atoms with E-state index in [2.05, 4.69) is 29.0 Å². The van der Waals surface area contributed by atoms with Crippen molar-refractivity contribution in [3.05, 3.63) is 24.3 Å². The summed E-state index contributed by atoms with van der Waals surface area (Å²) in [5, 5.41) is 4.21. The maximum absolute atomic E-state index is 5.68. The van der Waals surface area contributed by atoms with Gasteiger partial charge in [-0.05, 0) is 63.9 Å². The van der Waals surface area contributed by atoms with E-state index in [0.717, 1.165) is 29.6 Å². The van der Waals surface area contributed by atoms with Gasteiger partial charge in [0.1, 0.15) is 5.75 Å². The molecule has 1 aromatic rings. The number of ether oxygens (including phenoxy) is 1. The summed E-state index contributed by atoms with van der Waals surface area (Å²) in [5.41, 5.74) is 0.990. The summed E-state index contributed by atoms with van der Waals surface area (Å²) in [6, 6.07) is 9.96. The number of piperidine rings is 1. The molecule has 0 spiro atoms. The molecule has 0 amide bonds. The molecule has 0 aromatic heterocycles. The van der Waals surface area contributed by atoms with Gasteiger partial charge in [-0.3, -0.25) is 4.90 Å². The molecule has 132 valence electrons. The van der Waals surface area contributed by atoms with Crippen LogP contribution in [-0.2, 0) is 0 Å². The Morgan fingerprint density at radius 1 is 1.21 bits per heavy atom. The van der Waals surface area contributed by atoms with Crippen LogP contribution in [-0.4, -0.2) is 53.2 Å². The normalized spacial score (nSPS) is 28.0. The Kier molecular flexibility index (Phi) is 5.61. The third-order valence-electron chi connectivity index (χ3n) is 5.45. The third-order valence-corrected chi connectivity index (χ3v) is 5.81. The molecule has 0 unspecified atom stereocenters. The van der Waals surface area contributed by atoms with Gasteiger partial charge >= 0.3 is 0 Å². The SMILES string of the molecule is COc1cccc(NC(=S)N2CCC[C@H](N3[C@@H](C)CC[C@@H]3C)C2)c1. The number of hydrogen-bond acceptors (Lipinski definition) is 3. The van der Waals surface area contributed by atoms with Crippen LogP contribution >= 0.6 is 12.2 Å². The number of nitrogens with zero attached hydrogens (tertiary/aromatic N) is 2. The van der Waals surface area contributed by atoms with Crippen LogP contribution in [0.4, 0.5) is 5.69 Å². The van der Waals surface area contributed by atoms with E-state index in [9.17, 15) is 0 Å². The molecule has 24 heavy (non-hydrogen) atoms. The highest BCUT2D eigenvalue weighted by atomic mass is 32.1. The van der Waals surface area contributed by atoms with Crippen LogP contribution in [0.5, 0.6) is 5.75 Å². The van der Waals surface area contributed by atoms with E-state index in [1.807, 2.05) is 24.3 Å². The molecule has 3 rings (SSSR count). The molecule has 2 heterocycles. The number of methoxy groups -OCH3 is 1. The molecule has 2 saturated heterocycles. The Balaban J connectivity index is 1.62. The van der Waals surface area contributed by atoms with E-state index in [1.54, 1.807) is 7.11 Å². The van der Waals surface area contributed by atoms with Gasteiger partial charge < -0.3 is 15.0 Å². The zero-order valence-electron chi connectivity index (χ0n) is 15.0. The van der Waals surface area contributed by atoms with Crippen LogP contribution in [0.1, 0.15) is 39.5 Å². The molecule has 0 radical (unpaired) electrons. The minimum atomic E-state index is 0.622. The number of hydrogen-bond donors (Lipinski definition) is 1. The molecule has 4 nitrogen and oxygen atoms in total. The quantitative estimate of drug-likeness (QED) is 0.841. The summed E-state index contributed by atoms with van der Waals surface area (Å²) in [4.78, 5) is 5.06. The van der Waals surface area contributed by atoms with Gasteiger partial charge in [0.25, 0.3) is 0 Å². The number of benzene rings is 1. The fourth-order valence-electron chi connectivity index (χ4n) is 4.22. The van der Waals surface area contributed by atoms with Crippen LogP contribution in [0.3, 0.4) is 0 Å². The number of anilines is 1. The first-order valence-electron chi connectivity index (χ1n) is 9.06. The molecule has 0 saturated carbocycles. The molecule has 0 bridgehead atoms. The molecule has 2 aliphatic rings. The molecule has 2 aliphatic heterocycles. The number of thiocarbonyl (C=S) groups is 1. The van der Waals surface area contributed by atoms with Crippen molar-refractivity contribution in [1.82, 2.24) is 9.80 Å². The van der Waals surface area contributed by atoms with Gasteiger partial charge in [0.15, 0.2) is 5.11 Å². The van der Waals surface area contributed by atoms with Crippen molar-refractivity contribution in [1.29, 1.82) is 0 Å². The molecular formula is C19H29N3OS. The number of likely N-dealkylation sites (tertiary alicyclic amines) is 2. The second-order valence-corrected chi connectivity index (χ2v) is 7.51. The van der Waals surface area contributed by atoms with Gasteiger partial charge in [0, 0.05) is 43.0 Å². The lowest BCUT2D eigenvalue weighted by Crippen LogP contribution is -2.53. The summed E-state index contributed by atoms with van der Waals surface area (Å²) in [7, 11) is 1.69. The van der Waals surface area contributed by atoms with E-state index in [0.29, 0.717) is 18.1 Å². The Morgan fingerprint density at radius 2 is 1.96 bits per heavy atom. The van der Waals surface area contributed by atoms with E-state index < -0.39 is 0 Å². The second kappa shape index (κ2) is 7.70. The van der Waals surface area contributed by atoms with Gasteiger partial charge in [0.05, 0.1) is 7.11 Å². The summed E-state index contributed by atoms with van der Waals surface area (Å²) in [5.74, 6) is 0.846.